The summed E-state index contributed by atoms with van der Waals surface area (Å²) < 4.78 is 14.4. The molecule has 3 aliphatic heterocycles. The summed E-state index contributed by atoms with van der Waals surface area (Å²) in [6.45, 7) is 2.04. The molecule has 1 atom stereocenters. The first-order valence-corrected chi connectivity index (χ1v) is 13.5. The number of aliphatic hydroxyl groups is 1. The van der Waals surface area contributed by atoms with Crippen LogP contribution in [0.15, 0.2) is 60.7 Å². The van der Waals surface area contributed by atoms with Gasteiger partial charge in [0, 0.05) is 43.9 Å². The predicted molar refractivity (Wildman–Crippen MR) is 145 cm³/mol. The number of fused-ring (bicyclic) bond motifs is 1. The number of para-hydroxylation sites is 1. The lowest BCUT2D eigenvalue weighted by Crippen LogP contribution is -2.52. The number of nitrogens with zero attached hydrogens (tertiary/aromatic N) is 3. The topological polar surface area (TPSA) is 115 Å². The molecule has 0 radical (unpaired) electrons. The van der Waals surface area contributed by atoms with E-state index in [9.17, 15) is 23.9 Å². The maximum absolute atomic E-state index is 14.4. The van der Waals surface area contributed by atoms with E-state index < -0.39 is 23.4 Å². The number of rotatable bonds is 6. The van der Waals surface area contributed by atoms with Gasteiger partial charge in [-0.25, -0.2) is 9.37 Å². The lowest BCUT2D eigenvalue weighted by Gasteiger charge is -2.38. The minimum Gasteiger partial charge on any atom is -0.385 e. The zero-order valence-electron chi connectivity index (χ0n) is 21.9. The number of anilines is 2. The summed E-state index contributed by atoms with van der Waals surface area (Å²) in [5.74, 6) is -1.24. The minimum absolute atomic E-state index is 0.177. The van der Waals surface area contributed by atoms with Gasteiger partial charge >= 0.3 is 0 Å². The van der Waals surface area contributed by atoms with E-state index >= 15 is 0 Å². The van der Waals surface area contributed by atoms with Gasteiger partial charge in [-0.3, -0.25) is 24.6 Å². The Morgan fingerprint density at radius 1 is 1.05 bits per heavy atom. The van der Waals surface area contributed by atoms with Crippen LogP contribution < -0.4 is 10.6 Å². The van der Waals surface area contributed by atoms with Crippen LogP contribution in [0.3, 0.4) is 0 Å². The third-order valence-corrected chi connectivity index (χ3v) is 8.07. The second-order valence-electron chi connectivity index (χ2n) is 10.7. The van der Waals surface area contributed by atoms with E-state index in [-0.39, 0.29) is 30.6 Å². The molecule has 1 unspecified atom stereocenters. The van der Waals surface area contributed by atoms with Crippen molar-refractivity contribution in [3.63, 3.8) is 0 Å². The van der Waals surface area contributed by atoms with Gasteiger partial charge in [0.1, 0.15) is 6.04 Å². The van der Waals surface area contributed by atoms with Crippen molar-refractivity contribution in [2.24, 2.45) is 0 Å². The summed E-state index contributed by atoms with van der Waals surface area (Å²) in [5.41, 5.74) is 2.49. The number of carbonyl (C=O) groups excluding carboxylic acids is 3. The number of likely N-dealkylation sites (tertiary alicyclic amines) is 1. The number of hydrogen-bond acceptors (Lipinski definition) is 7. The highest BCUT2D eigenvalue weighted by atomic mass is 19.1. The number of benzene rings is 2. The molecule has 3 aliphatic rings. The zero-order chi connectivity index (χ0) is 27.9. The zero-order valence-corrected chi connectivity index (χ0v) is 21.9. The van der Waals surface area contributed by atoms with Crippen molar-refractivity contribution in [1.29, 1.82) is 0 Å². The van der Waals surface area contributed by atoms with Gasteiger partial charge in [-0.2, -0.15) is 0 Å². The molecular weight excluding hydrogens is 513 g/mol. The van der Waals surface area contributed by atoms with Crippen molar-refractivity contribution in [3.05, 3.63) is 88.9 Å². The second kappa shape index (κ2) is 10.4. The van der Waals surface area contributed by atoms with E-state index in [2.05, 4.69) is 20.5 Å². The average Bonchev–Trinajstić information content (AvgIpc) is 3.28. The van der Waals surface area contributed by atoms with Crippen LogP contribution in [0.4, 0.5) is 15.9 Å². The molecule has 2 fully saturated rings. The predicted octanol–water partition coefficient (Wildman–Crippen LogP) is 3.21. The SMILES string of the molecule is O=C1CCC(N2Cc3cc(C4(O)CCN(Cc5ccc(F)c(Nc6ccccc6)n5)CC4)ccc3C2=O)C(=O)N1. The number of halogens is 1. The van der Waals surface area contributed by atoms with Crippen molar-refractivity contribution in [2.45, 2.75) is 50.4 Å². The average molecular weight is 544 g/mol. The summed E-state index contributed by atoms with van der Waals surface area (Å²) in [6, 6.07) is 17.1. The Morgan fingerprint density at radius 3 is 2.58 bits per heavy atom. The first-order chi connectivity index (χ1) is 19.3. The molecule has 0 aliphatic carbocycles. The number of carbonyl (C=O) groups is 3. The minimum atomic E-state index is -1.05. The summed E-state index contributed by atoms with van der Waals surface area (Å²) >= 11 is 0. The van der Waals surface area contributed by atoms with E-state index in [0.29, 0.717) is 44.5 Å². The van der Waals surface area contributed by atoms with Crippen LogP contribution >= 0.6 is 0 Å². The molecule has 3 amide bonds. The fourth-order valence-electron chi connectivity index (χ4n) is 5.78. The molecule has 10 heteroatoms. The van der Waals surface area contributed by atoms with Crippen molar-refractivity contribution in [3.8, 4) is 0 Å². The smallest absolute Gasteiger partial charge is 0.255 e. The first kappa shape index (κ1) is 26.1. The Morgan fingerprint density at radius 2 is 1.82 bits per heavy atom. The number of piperidine rings is 2. The number of amides is 3. The lowest BCUT2D eigenvalue weighted by molar-refractivity contribution is -0.136. The molecule has 6 rings (SSSR count). The molecule has 9 nitrogen and oxygen atoms in total. The summed E-state index contributed by atoms with van der Waals surface area (Å²) in [4.78, 5) is 45.1. The Kier molecular flexibility index (Phi) is 6.81. The van der Waals surface area contributed by atoms with Gasteiger partial charge in [0.25, 0.3) is 5.91 Å². The van der Waals surface area contributed by atoms with E-state index in [1.54, 1.807) is 18.2 Å². The quantitative estimate of drug-likeness (QED) is 0.409. The standard InChI is InChI=1S/C30H30FN5O4/c31-24-9-7-22(33-27(24)32-21-4-2-1-3-5-21)18-35-14-12-30(40,13-15-35)20-6-8-23-19(16-20)17-36(29(23)39)25-10-11-26(37)34-28(25)38/h1-9,16,25,40H,10-15,17-18H2,(H,32,33)(H,34,37,38). The van der Waals surface area contributed by atoms with Gasteiger partial charge in [-0.1, -0.05) is 30.3 Å². The molecule has 1 aromatic heterocycles. The molecule has 0 spiro atoms. The summed E-state index contributed by atoms with van der Waals surface area (Å²) in [6.07, 6.45) is 1.50. The van der Waals surface area contributed by atoms with Gasteiger partial charge < -0.3 is 15.3 Å². The molecule has 2 saturated heterocycles. The summed E-state index contributed by atoms with van der Waals surface area (Å²) in [5, 5.41) is 16.9. The summed E-state index contributed by atoms with van der Waals surface area (Å²) in [7, 11) is 0. The maximum Gasteiger partial charge on any atom is 0.255 e. The monoisotopic (exact) mass is 543 g/mol. The third kappa shape index (κ3) is 5.07. The van der Waals surface area contributed by atoms with Gasteiger partial charge in [0.15, 0.2) is 11.6 Å². The molecule has 3 aromatic rings. The Labute approximate surface area is 231 Å². The fraction of sp³-hybridized carbons (Fsp3) is 0.333. The van der Waals surface area contributed by atoms with Crippen LogP contribution in [0, 0.1) is 5.82 Å². The molecule has 206 valence electrons. The third-order valence-electron chi connectivity index (χ3n) is 8.07. The van der Waals surface area contributed by atoms with Gasteiger partial charge in [-0.05, 0) is 60.7 Å². The highest BCUT2D eigenvalue weighted by Crippen LogP contribution is 2.37. The lowest BCUT2D eigenvalue weighted by atomic mass is 9.83. The highest BCUT2D eigenvalue weighted by molar-refractivity contribution is 6.05. The molecule has 0 saturated carbocycles. The van der Waals surface area contributed by atoms with E-state index in [0.717, 1.165) is 22.5 Å². The largest absolute Gasteiger partial charge is 0.385 e. The van der Waals surface area contributed by atoms with E-state index in [1.807, 2.05) is 36.4 Å². The van der Waals surface area contributed by atoms with Crippen molar-refractivity contribution < 1.29 is 23.9 Å². The molecule has 40 heavy (non-hydrogen) atoms. The highest BCUT2D eigenvalue weighted by Gasteiger charge is 2.40. The normalized spacial score (nSPS) is 20.8. The van der Waals surface area contributed by atoms with Crippen molar-refractivity contribution >= 4 is 29.2 Å². The van der Waals surface area contributed by atoms with Crippen LogP contribution in [-0.2, 0) is 28.3 Å². The fourth-order valence-corrected chi connectivity index (χ4v) is 5.78. The number of aromatic nitrogens is 1. The van der Waals surface area contributed by atoms with Crippen LogP contribution in [0.5, 0.6) is 0 Å². The molecule has 0 bridgehead atoms. The van der Waals surface area contributed by atoms with E-state index in [1.165, 1.54) is 11.0 Å². The Balaban J connectivity index is 1.10. The van der Waals surface area contributed by atoms with Gasteiger partial charge in [0.2, 0.25) is 11.8 Å². The molecule has 4 heterocycles. The van der Waals surface area contributed by atoms with Crippen molar-refractivity contribution in [1.82, 2.24) is 20.1 Å². The number of imide groups is 1. The van der Waals surface area contributed by atoms with Crippen LogP contribution in [0.1, 0.15) is 52.9 Å². The van der Waals surface area contributed by atoms with E-state index in [4.69, 9.17) is 0 Å². The maximum atomic E-state index is 14.4. The van der Waals surface area contributed by atoms with Gasteiger partial charge in [0.05, 0.1) is 11.3 Å². The number of hydrogen-bond donors (Lipinski definition) is 3. The van der Waals surface area contributed by atoms with Gasteiger partial charge in [-0.15, -0.1) is 0 Å². The van der Waals surface area contributed by atoms with Crippen LogP contribution in [-0.4, -0.2) is 56.7 Å². The Hall–Kier alpha value is -4.15. The van der Waals surface area contributed by atoms with Crippen molar-refractivity contribution in [2.75, 3.05) is 18.4 Å². The first-order valence-electron chi connectivity index (χ1n) is 13.5. The van der Waals surface area contributed by atoms with Crippen LogP contribution in [0.25, 0.3) is 0 Å². The molecule has 3 N–H and O–H groups in total. The number of pyridine rings is 1. The molecular formula is C30H30FN5O4. The number of nitrogens with one attached hydrogen (secondary N) is 2. The second-order valence-corrected chi connectivity index (χ2v) is 10.7. The molecule has 2 aromatic carbocycles. The Bertz CT molecular complexity index is 1470. The van der Waals surface area contributed by atoms with Crippen LogP contribution in [0.2, 0.25) is 0 Å².